The number of fused-ring (bicyclic) bond motifs is 1. The Balaban J connectivity index is 1.52. The Morgan fingerprint density at radius 2 is 1.97 bits per heavy atom. The van der Waals surface area contributed by atoms with Gasteiger partial charge in [-0.3, -0.25) is 19.0 Å². The lowest BCUT2D eigenvalue weighted by molar-refractivity contribution is 0.0673. The molecule has 4 heterocycles. The van der Waals surface area contributed by atoms with Crippen LogP contribution in [0.3, 0.4) is 0 Å². The van der Waals surface area contributed by atoms with Crippen molar-refractivity contribution in [3.63, 3.8) is 0 Å². The predicted octanol–water partition coefficient (Wildman–Crippen LogP) is 2.45. The van der Waals surface area contributed by atoms with E-state index in [9.17, 15) is 9.59 Å². The van der Waals surface area contributed by atoms with E-state index >= 15 is 0 Å². The van der Waals surface area contributed by atoms with Crippen molar-refractivity contribution >= 4 is 17.1 Å². The molecule has 0 saturated carbocycles. The average molecular weight is 402 g/mol. The minimum absolute atomic E-state index is 0.0895. The van der Waals surface area contributed by atoms with Crippen LogP contribution in [-0.4, -0.2) is 48.2 Å². The Morgan fingerprint density at radius 3 is 2.77 bits per heavy atom. The number of hydrogen-bond donors (Lipinski definition) is 1. The fraction of sp³-hybridized carbons (Fsp3) is 0.273. The lowest BCUT2D eigenvalue weighted by atomic mass is 10.1. The number of carbonyl (C=O) groups is 1. The number of aromatic nitrogens is 5. The first-order chi connectivity index (χ1) is 14.7. The van der Waals surface area contributed by atoms with E-state index in [1.54, 1.807) is 32.5 Å². The summed E-state index contributed by atoms with van der Waals surface area (Å²) in [7, 11) is 0. The molecule has 152 valence electrons. The number of pyridine rings is 1. The maximum Gasteiger partial charge on any atom is 0.330 e. The Labute approximate surface area is 172 Å². The molecule has 8 heteroatoms. The summed E-state index contributed by atoms with van der Waals surface area (Å²) in [5, 5.41) is 6.61. The third kappa shape index (κ3) is 3.20. The van der Waals surface area contributed by atoms with Gasteiger partial charge >= 0.3 is 5.69 Å². The second kappa shape index (κ2) is 7.62. The number of nitrogens with zero attached hydrogens (tertiary/aromatic N) is 5. The third-order valence-electron chi connectivity index (χ3n) is 5.69. The van der Waals surface area contributed by atoms with Crippen LogP contribution >= 0.6 is 0 Å². The van der Waals surface area contributed by atoms with Crippen LogP contribution in [0.5, 0.6) is 0 Å². The number of aromatic amines is 1. The lowest BCUT2D eigenvalue weighted by Crippen LogP contribution is -2.43. The molecule has 1 fully saturated rings. The van der Waals surface area contributed by atoms with Crippen LogP contribution in [0.2, 0.25) is 0 Å². The lowest BCUT2D eigenvalue weighted by Gasteiger charge is -2.32. The zero-order valence-corrected chi connectivity index (χ0v) is 16.4. The number of imidazole rings is 1. The molecule has 1 atom stereocenters. The van der Waals surface area contributed by atoms with Crippen molar-refractivity contribution in [1.29, 1.82) is 0 Å². The van der Waals surface area contributed by atoms with Crippen LogP contribution in [0.25, 0.3) is 11.2 Å². The maximum atomic E-state index is 13.5. The average Bonchev–Trinajstić information content (AvgIpc) is 3.42. The standard InChI is InChI=1S/C22H22N6O2/c29-21(18-10-12-24-25-18)26-13-5-8-17(15-26)28-20-19(9-4-11-23-20)27(22(28)30)14-16-6-2-1-3-7-16/h1-4,6-7,9-12,17H,5,8,13-15H2,(H,24,25)/t17-/m0/s1. The van der Waals surface area contributed by atoms with Crippen LogP contribution < -0.4 is 5.69 Å². The summed E-state index contributed by atoms with van der Waals surface area (Å²) in [6, 6.07) is 15.3. The van der Waals surface area contributed by atoms with Crippen LogP contribution in [0.1, 0.15) is 34.9 Å². The Bertz CT molecular complexity index is 1230. The van der Waals surface area contributed by atoms with Gasteiger partial charge < -0.3 is 4.90 Å². The summed E-state index contributed by atoms with van der Waals surface area (Å²) < 4.78 is 3.54. The number of hydrogen-bond acceptors (Lipinski definition) is 4. The summed E-state index contributed by atoms with van der Waals surface area (Å²) >= 11 is 0. The van der Waals surface area contributed by atoms with Gasteiger partial charge in [-0.2, -0.15) is 5.10 Å². The zero-order chi connectivity index (χ0) is 20.5. The molecule has 8 nitrogen and oxygen atoms in total. The maximum absolute atomic E-state index is 13.5. The van der Waals surface area contributed by atoms with Crippen molar-refractivity contribution in [1.82, 2.24) is 29.2 Å². The summed E-state index contributed by atoms with van der Waals surface area (Å²) in [5.74, 6) is -0.0915. The zero-order valence-electron chi connectivity index (χ0n) is 16.4. The van der Waals surface area contributed by atoms with Crippen molar-refractivity contribution < 1.29 is 4.79 Å². The number of rotatable bonds is 4. The van der Waals surface area contributed by atoms with E-state index < -0.39 is 0 Å². The molecule has 1 amide bonds. The monoisotopic (exact) mass is 402 g/mol. The molecule has 0 spiro atoms. The minimum atomic E-state index is -0.118. The van der Waals surface area contributed by atoms with Crippen molar-refractivity contribution in [3.8, 4) is 0 Å². The van der Waals surface area contributed by atoms with E-state index in [0.29, 0.717) is 31.0 Å². The number of benzene rings is 1. The second-order valence-corrected chi connectivity index (χ2v) is 7.59. The van der Waals surface area contributed by atoms with Gasteiger partial charge in [-0.1, -0.05) is 30.3 Å². The quantitative estimate of drug-likeness (QED) is 0.568. The molecule has 1 aliphatic rings. The molecule has 0 unspecified atom stereocenters. The number of nitrogens with one attached hydrogen (secondary N) is 1. The Hall–Kier alpha value is -3.68. The second-order valence-electron chi connectivity index (χ2n) is 7.59. The summed E-state index contributed by atoms with van der Waals surface area (Å²) in [5.41, 5.74) is 2.91. The molecular formula is C22H22N6O2. The van der Waals surface area contributed by atoms with Gasteiger partial charge in [-0.05, 0) is 36.6 Å². The third-order valence-corrected chi connectivity index (χ3v) is 5.69. The van der Waals surface area contributed by atoms with E-state index in [2.05, 4.69) is 15.2 Å². The topological polar surface area (TPSA) is 88.8 Å². The SMILES string of the molecule is O=C(c1ccn[nH]1)N1CCC[C@H](n2c(=O)n(Cc3ccccc3)c3cccnc32)C1. The normalized spacial score (nSPS) is 16.8. The summed E-state index contributed by atoms with van der Waals surface area (Å²) in [6.07, 6.45) is 4.94. The first kappa shape index (κ1) is 18.4. The summed E-state index contributed by atoms with van der Waals surface area (Å²) in [4.78, 5) is 32.6. The highest BCUT2D eigenvalue weighted by atomic mass is 16.2. The Morgan fingerprint density at radius 1 is 1.10 bits per heavy atom. The number of amides is 1. The van der Waals surface area contributed by atoms with Crippen molar-refractivity contribution in [2.24, 2.45) is 0 Å². The van der Waals surface area contributed by atoms with Crippen LogP contribution in [0.4, 0.5) is 0 Å². The fourth-order valence-corrected chi connectivity index (χ4v) is 4.25. The fourth-order valence-electron chi connectivity index (χ4n) is 4.25. The van der Waals surface area contributed by atoms with Crippen LogP contribution in [-0.2, 0) is 6.54 Å². The van der Waals surface area contributed by atoms with Gasteiger partial charge in [0.15, 0.2) is 5.65 Å². The molecule has 1 aliphatic heterocycles. The van der Waals surface area contributed by atoms with E-state index in [1.807, 2.05) is 42.5 Å². The number of H-pyrrole nitrogens is 1. The van der Waals surface area contributed by atoms with Gasteiger partial charge in [0.1, 0.15) is 5.69 Å². The molecule has 4 aromatic rings. The van der Waals surface area contributed by atoms with Crippen LogP contribution in [0.15, 0.2) is 65.7 Å². The van der Waals surface area contributed by atoms with E-state index in [-0.39, 0.29) is 17.6 Å². The minimum Gasteiger partial charge on any atom is -0.335 e. The molecule has 1 N–H and O–H groups in total. The number of likely N-dealkylation sites (tertiary alicyclic amines) is 1. The van der Waals surface area contributed by atoms with Gasteiger partial charge in [-0.25, -0.2) is 9.78 Å². The first-order valence-electron chi connectivity index (χ1n) is 10.1. The van der Waals surface area contributed by atoms with Crippen molar-refractivity contribution in [3.05, 3.63) is 82.7 Å². The highest BCUT2D eigenvalue weighted by Gasteiger charge is 2.29. The molecule has 30 heavy (non-hydrogen) atoms. The van der Waals surface area contributed by atoms with Crippen molar-refractivity contribution in [2.75, 3.05) is 13.1 Å². The number of carbonyl (C=O) groups excluding carboxylic acids is 1. The molecule has 1 saturated heterocycles. The molecule has 3 aromatic heterocycles. The molecule has 0 bridgehead atoms. The van der Waals surface area contributed by atoms with E-state index in [4.69, 9.17) is 0 Å². The Kier molecular flexibility index (Phi) is 4.66. The van der Waals surface area contributed by atoms with Gasteiger partial charge in [0, 0.05) is 25.5 Å². The molecule has 1 aromatic carbocycles. The summed E-state index contributed by atoms with van der Waals surface area (Å²) in [6.45, 7) is 1.62. The highest BCUT2D eigenvalue weighted by molar-refractivity contribution is 5.92. The first-order valence-corrected chi connectivity index (χ1v) is 10.1. The van der Waals surface area contributed by atoms with Gasteiger partial charge in [0.25, 0.3) is 5.91 Å². The smallest absolute Gasteiger partial charge is 0.330 e. The van der Waals surface area contributed by atoms with Crippen molar-refractivity contribution in [2.45, 2.75) is 25.4 Å². The van der Waals surface area contributed by atoms with E-state index in [1.165, 1.54) is 0 Å². The molecule has 5 rings (SSSR count). The number of piperidine rings is 1. The molecule has 0 aliphatic carbocycles. The van der Waals surface area contributed by atoms with Crippen LogP contribution in [0, 0.1) is 0 Å². The van der Waals surface area contributed by atoms with Gasteiger partial charge in [-0.15, -0.1) is 0 Å². The highest BCUT2D eigenvalue weighted by Crippen LogP contribution is 2.25. The predicted molar refractivity (Wildman–Crippen MR) is 112 cm³/mol. The van der Waals surface area contributed by atoms with Gasteiger partial charge in [0.05, 0.1) is 18.1 Å². The van der Waals surface area contributed by atoms with Gasteiger partial charge in [0.2, 0.25) is 0 Å². The molecular weight excluding hydrogens is 380 g/mol. The largest absolute Gasteiger partial charge is 0.335 e. The van der Waals surface area contributed by atoms with E-state index in [0.717, 1.165) is 23.9 Å². The molecule has 0 radical (unpaired) electrons.